The Morgan fingerprint density at radius 3 is 2.11 bits per heavy atom. The van der Waals surface area contributed by atoms with Crippen molar-refractivity contribution in [1.82, 2.24) is 0 Å². The molecule has 2 aromatic carbocycles. The molecule has 0 saturated heterocycles. The summed E-state index contributed by atoms with van der Waals surface area (Å²) in [7, 11) is 1.69. The highest BCUT2D eigenvalue weighted by atomic mass is 16.5. The number of rotatable bonds is 4. The van der Waals surface area contributed by atoms with Gasteiger partial charge in [0.25, 0.3) is 0 Å². The lowest BCUT2D eigenvalue weighted by atomic mass is 10.1. The van der Waals surface area contributed by atoms with Crippen molar-refractivity contribution in [3.63, 3.8) is 0 Å². The van der Waals surface area contributed by atoms with Crippen molar-refractivity contribution in [1.29, 1.82) is 0 Å². The van der Waals surface area contributed by atoms with Crippen LogP contribution in [0, 0.1) is 0 Å². The van der Waals surface area contributed by atoms with Gasteiger partial charge in [0.15, 0.2) is 0 Å². The Hall–Kier alpha value is -2.28. The maximum atomic E-state index is 5.38. The van der Waals surface area contributed by atoms with Gasteiger partial charge in [-0.3, -0.25) is 0 Å². The maximum absolute atomic E-state index is 5.38. The highest BCUT2D eigenvalue weighted by Gasteiger charge is 1.97. The molecule has 2 aromatic rings. The third-order valence-corrected chi connectivity index (χ3v) is 2.61. The SMILES string of the molecule is CO/C(=C/C=C/c1ccccc1)c1ccccc1. The minimum atomic E-state index is 0.864. The number of benzene rings is 2. The van der Waals surface area contributed by atoms with Crippen LogP contribution < -0.4 is 0 Å². The van der Waals surface area contributed by atoms with Crippen LogP contribution in [-0.4, -0.2) is 7.11 Å². The van der Waals surface area contributed by atoms with Gasteiger partial charge in [0.05, 0.1) is 7.11 Å². The summed E-state index contributed by atoms with van der Waals surface area (Å²) in [5, 5.41) is 0. The summed E-state index contributed by atoms with van der Waals surface area (Å²) in [6.45, 7) is 0. The van der Waals surface area contributed by atoms with Crippen molar-refractivity contribution < 1.29 is 4.74 Å². The topological polar surface area (TPSA) is 9.23 Å². The lowest BCUT2D eigenvalue weighted by molar-refractivity contribution is 0.370. The molecule has 0 amide bonds. The predicted octanol–water partition coefficient (Wildman–Crippen LogP) is 4.39. The summed E-state index contributed by atoms with van der Waals surface area (Å²) in [6.07, 6.45) is 6.03. The molecule has 0 unspecified atom stereocenters. The highest BCUT2D eigenvalue weighted by molar-refractivity contribution is 5.63. The molecule has 0 saturated carbocycles. The quantitative estimate of drug-likeness (QED) is 0.565. The Morgan fingerprint density at radius 1 is 0.889 bits per heavy atom. The van der Waals surface area contributed by atoms with Crippen LogP contribution in [0.1, 0.15) is 11.1 Å². The molecular weight excluding hydrogens is 220 g/mol. The van der Waals surface area contributed by atoms with Gasteiger partial charge in [-0.15, -0.1) is 0 Å². The molecule has 0 spiro atoms. The van der Waals surface area contributed by atoms with E-state index < -0.39 is 0 Å². The standard InChI is InChI=1S/C17H16O/c1-18-17(16-12-6-3-7-13-16)14-8-11-15-9-4-2-5-10-15/h2-14H,1H3/b11-8+,17-14+. The summed E-state index contributed by atoms with van der Waals surface area (Å²) in [6, 6.07) is 20.3. The molecule has 0 aliphatic rings. The second kappa shape index (κ2) is 6.45. The predicted molar refractivity (Wildman–Crippen MR) is 76.9 cm³/mol. The van der Waals surface area contributed by atoms with Crippen LogP contribution in [0.3, 0.4) is 0 Å². The van der Waals surface area contributed by atoms with E-state index in [9.17, 15) is 0 Å². The zero-order chi connectivity index (χ0) is 12.6. The summed E-state index contributed by atoms with van der Waals surface area (Å²) >= 11 is 0. The average molecular weight is 236 g/mol. The van der Waals surface area contributed by atoms with E-state index in [1.165, 1.54) is 5.56 Å². The van der Waals surface area contributed by atoms with Gasteiger partial charge >= 0.3 is 0 Å². The van der Waals surface area contributed by atoms with Crippen molar-refractivity contribution in [3.8, 4) is 0 Å². The lowest BCUT2D eigenvalue weighted by Crippen LogP contribution is -1.85. The molecule has 0 bridgehead atoms. The van der Waals surface area contributed by atoms with Gasteiger partial charge in [-0.2, -0.15) is 0 Å². The first-order valence-electron chi connectivity index (χ1n) is 5.93. The zero-order valence-electron chi connectivity index (χ0n) is 10.4. The van der Waals surface area contributed by atoms with Crippen molar-refractivity contribution >= 4 is 11.8 Å². The summed E-state index contributed by atoms with van der Waals surface area (Å²) in [5.74, 6) is 0.864. The first kappa shape index (κ1) is 12.2. The van der Waals surface area contributed by atoms with E-state index in [4.69, 9.17) is 4.74 Å². The van der Waals surface area contributed by atoms with Crippen molar-refractivity contribution in [2.45, 2.75) is 0 Å². The number of allylic oxidation sites excluding steroid dienone is 2. The minimum Gasteiger partial charge on any atom is -0.496 e. The normalized spacial score (nSPS) is 11.7. The smallest absolute Gasteiger partial charge is 0.126 e. The van der Waals surface area contributed by atoms with E-state index in [-0.39, 0.29) is 0 Å². The molecule has 0 aromatic heterocycles. The molecule has 0 aliphatic heterocycles. The monoisotopic (exact) mass is 236 g/mol. The molecular formula is C17H16O. The number of hydrogen-bond donors (Lipinski definition) is 0. The Balaban J connectivity index is 2.14. The Bertz CT molecular complexity index is 524. The third kappa shape index (κ3) is 3.36. The van der Waals surface area contributed by atoms with Crippen LogP contribution >= 0.6 is 0 Å². The third-order valence-electron chi connectivity index (χ3n) is 2.61. The van der Waals surface area contributed by atoms with Crippen LogP contribution in [0.15, 0.2) is 72.8 Å². The summed E-state index contributed by atoms with van der Waals surface area (Å²) in [5.41, 5.74) is 2.26. The lowest BCUT2D eigenvalue weighted by Gasteiger charge is -2.04. The molecule has 0 aliphatic carbocycles. The molecule has 0 fully saturated rings. The largest absolute Gasteiger partial charge is 0.496 e. The molecule has 2 rings (SSSR count). The van der Waals surface area contributed by atoms with Gasteiger partial charge in [-0.05, 0) is 11.6 Å². The van der Waals surface area contributed by atoms with E-state index in [2.05, 4.69) is 18.2 Å². The van der Waals surface area contributed by atoms with Gasteiger partial charge in [0.2, 0.25) is 0 Å². The molecule has 18 heavy (non-hydrogen) atoms. The van der Waals surface area contributed by atoms with E-state index in [1.54, 1.807) is 7.11 Å². The maximum Gasteiger partial charge on any atom is 0.126 e. The van der Waals surface area contributed by atoms with Crippen LogP contribution in [0.25, 0.3) is 11.8 Å². The Kier molecular flexibility index (Phi) is 4.37. The van der Waals surface area contributed by atoms with Crippen LogP contribution in [0.4, 0.5) is 0 Å². The number of methoxy groups -OCH3 is 1. The fraction of sp³-hybridized carbons (Fsp3) is 0.0588. The molecule has 0 N–H and O–H groups in total. The van der Waals surface area contributed by atoms with E-state index >= 15 is 0 Å². The second-order valence-electron chi connectivity index (χ2n) is 3.87. The molecule has 0 radical (unpaired) electrons. The summed E-state index contributed by atoms with van der Waals surface area (Å²) < 4.78 is 5.38. The summed E-state index contributed by atoms with van der Waals surface area (Å²) in [4.78, 5) is 0. The Labute approximate surface area is 108 Å². The van der Waals surface area contributed by atoms with Crippen molar-refractivity contribution in [3.05, 3.63) is 83.9 Å². The van der Waals surface area contributed by atoms with E-state index in [1.807, 2.05) is 60.7 Å². The molecule has 0 atom stereocenters. The van der Waals surface area contributed by atoms with Gasteiger partial charge in [-0.1, -0.05) is 72.8 Å². The fourth-order valence-corrected chi connectivity index (χ4v) is 1.70. The second-order valence-corrected chi connectivity index (χ2v) is 3.87. The van der Waals surface area contributed by atoms with E-state index in [0.29, 0.717) is 0 Å². The fourth-order valence-electron chi connectivity index (χ4n) is 1.70. The van der Waals surface area contributed by atoms with Crippen LogP contribution in [-0.2, 0) is 4.74 Å². The van der Waals surface area contributed by atoms with Gasteiger partial charge in [-0.25, -0.2) is 0 Å². The van der Waals surface area contributed by atoms with Crippen LogP contribution in [0.5, 0.6) is 0 Å². The molecule has 0 heterocycles. The average Bonchev–Trinajstić information content (AvgIpc) is 2.46. The molecule has 1 nitrogen and oxygen atoms in total. The Morgan fingerprint density at radius 2 is 1.50 bits per heavy atom. The van der Waals surface area contributed by atoms with Crippen molar-refractivity contribution in [2.75, 3.05) is 7.11 Å². The van der Waals surface area contributed by atoms with Crippen LogP contribution in [0.2, 0.25) is 0 Å². The van der Waals surface area contributed by atoms with Gasteiger partial charge in [0.1, 0.15) is 5.76 Å². The number of ether oxygens (including phenoxy) is 1. The minimum absolute atomic E-state index is 0.864. The molecule has 1 heteroatoms. The molecule has 90 valence electrons. The van der Waals surface area contributed by atoms with Gasteiger partial charge < -0.3 is 4.74 Å². The zero-order valence-corrected chi connectivity index (χ0v) is 10.4. The van der Waals surface area contributed by atoms with Crippen molar-refractivity contribution in [2.24, 2.45) is 0 Å². The first-order valence-corrected chi connectivity index (χ1v) is 5.93. The number of hydrogen-bond acceptors (Lipinski definition) is 1. The highest BCUT2D eigenvalue weighted by Crippen LogP contribution is 2.14. The van der Waals surface area contributed by atoms with E-state index in [0.717, 1.165) is 11.3 Å². The first-order chi connectivity index (χ1) is 8.90. The van der Waals surface area contributed by atoms with Gasteiger partial charge in [0, 0.05) is 5.56 Å².